The van der Waals surface area contributed by atoms with Crippen LogP contribution in [-0.4, -0.2) is 37.6 Å². The summed E-state index contributed by atoms with van der Waals surface area (Å²) in [6, 6.07) is 0.949. The van der Waals surface area contributed by atoms with E-state index in [1.807, 2.05) is 0 Å². The molecule has 1 heterocycles. The van der Waals surface area contributed by atoms with Crippen molar-refractivity contribution in [1.29, 1.82) is 0 Å². The molecule has 2 heteroatoms. The number of nitrogens with one attached hydrogen (secondary N) is 1. The minimum atomic E-state index is 0.536. The Morgan fingerprint density at radius 1 is 1.36 bits per heavy atom. The summed E-state index contributed by atoms with van der Waals surface area (Å²) < 4.78 is 0. The number of nitrogens with zero attached hydrogens (tertiary/aromatic N) is 1. The van der Waals surface area contributed by atoms with Crippen LogP contribution in [0, 0.1) is 11.3 Å². The van der Waals surface area contributed by atoms with Crippen molar-refractivity contribution >= 4 is 0 Å². The molecule has 2 rings (SSSR count). The number of hydrogen-bond donors (Lipinski definition) is 1. The molecule has 1 unspecified atom stereocenters. The van der Waals surface area contributed by atoms with Gasteiger partial charge in [-0.2, -0.15) is 0 Å². The number of likely N-dealkylation sites (tertiary alicyclic amines) is 1. The molecular weight excluding hydrogens is 172 g/mol. The van der Waals surface area contributed by atoms with Gasteiger partial charge in [0, 0.05) is 12.6 Å². The number of rotatable bonds is 3. The highest BCUT2D eigenvalue weighted by atomic mass is 15.2. The van der Waals surface area contributed by atoms with E-state index in [-0.39, 0.29) is 0 Å². The summed E-state index contributed by atoms with van der Waals surface area (Å²) in [5, 5.41) is 3.35. The van der Waals surface area contributed by atoms with E-state index in [0.29, 0.717) is 5.41 Å². The maximum atomic E-state index is 3.35. The SMILES string of the molecule is CNCC1CN(C2CC2)CCC1(C)C. The number of hydrogen-bond acceptors (Lipinski definition) is 2. The highest BCUT2D eigenvalue weighted by molar-refractivity contribution is 4.93. The Labute approximate surface area is 88.1 Å². The Morgan fingerprint density at radius 2 is 2.07 bits per heavy atom. The zero-order valence-electron chi connectivity index (χ0n) is 9.84. The predicted molar refractivity (Wildman–Crippen MR) is 60.4 cm³/mol. The first-order valence-corrected chi connectivity index (χ1v) is 6.02. The van der Waals surface area contributed by atoms with Gasteiger partial charge in [-0.15, -0.1) is 0 Å². The first-order chi connectivity index (χ1) is 6.63. The average molecular weight is 196 g/mol. The molecule has 0 aromatic carbocycles. The number of piperidine rings is 1. The molecule has 2 nitrogen and oxygen atoms in total. The largest absolute Gasteiger partial charge is 0.319 e. The molecule has 2 aliphatic rings. The standard InChI is InChI=1S/C12H24N2/c1-12(2)6-7-14(11-4-5-11)9-10(12)8-13-3/h10-11,13H,4-9H2,1-3H3. The normalized spacial score (nSPS) is 33.2. The molecule has 1 N–H and O–H groups in total. The van der Waals surface area contributed by atoms with Crippen molar-refractivity contribution < 1.29 is 0 Å². The first kappa shape index (κ1) is 10.4. The minimum Gasteiger partial charge on any atom is -0.319 e. The minimum absolute atomic E-state index is 0.536. The van der Waals surface area contributed by atoms with Crippen LogP contribution in [0.25, 0.3) is 0 Å². The Bertz CT molecular complexity index is 196. The van der Waals surface area contributed by atoms with Gasteiger partial charge < -0.3 is 10.2 Å². The van der Waals surface area contributed by atoms with Crippen molar-refractivity contribution in [2.45, 2.75) is 39.2 Å². The molecule has 0 radical (unpaired) electrons. The van der Waals surface area contributed by atoms with Crippen LogP contribution in [0.5, 0.6) is 0 Å². The summed E-state index contributed by atoms with van der Waals surface area (Å²) in [4.78, 5) is 2.72. The molecule has 0 spiro atoms. The Hall–Kier alpha value is -0.0800. The van der Waals surface area contributed by atoms with E-state index in [0.717, 1.165) is 12.0 Å². The maximum absolute atomic E-state index is 3.35. The predicted octanol–water partition coefficient (Wildman–Crippen LogP) is 1.72. The first-order valence-electron chi connectivity index (χ1n) is 6.02. The lowest BCUT2D eigenvalue weighted by atomic mass is 9.73. The summed E-state index contributed by atoms with van der Waals surface area (Å²) in [7, 11) is 2.08. The Balaban J connectivity index is 1.94. The van der Waals surface area contributed by atoms with E-state index in [2.05, 4.69) is 31.1 Å². The molecule has 0 amide bonds. The van der Waals surface area contributed by atoms with Crippen LogP contribution >= 0.6 is 0 Å². The molecule has 1 saturated heterocycles. The van der Waals surface area contributed by atoms with Crippen LogP contribution in [0.3, 0.4) is 0 Å². The van der Waals surface area contributed by atoms with Crippen molar-refractivity contribution in [3.8, 4) is 0 Å². The van der Waals surface area contributed by atoms with E-state index in [4.69, 9.17) is 0 Å². The van der Waals surface area contributed by atoms with E-state index >= 15 is 0 Å². The third kappa shape index (κ3) is 2.12. The van der Waals surface area contributed by atoms with Gasteiger partial charge in [0.05, 0.1) is 0 Å². The van der Waals surface area contributed by atoms with E-state index in [1.165, 1.54) is 38.9 Å². The van der Waals surface area contributed by atoms with Gasteiger partial charge in [-0.3, -0.25) is 0 Å². The van der Waals surface area contributed by atoms with Crippen LogP contribution in [0.15, 0.2) is 0 Å². The topological polar surface area (TPSA) is 15.3 Å². The molecule has 1 aliphatic heterocycles. The van der Waals surface area contributed by atoms with Gasteiger partial charge in [0.1, 0.15) is 0 Å². The van der Waals surface area contributed by atoms with Crippen molar-refractivity contribution in [3.05, 3.63) is 0 Å². The molecule has 2 fully saturated rings. The zero-order chi connectivity index (χ0) is 10.2. The maximum Gasteiger partial charge on any atom is 0.00965 e. The fourth-order valence-electron chi connectivity index (χ4n) is 2.62. The fraction of sp³-hybridized carbons (Fsp3) is 1.00. The second kappa shape index (κ2) is 3.82. The van der Waals surface area contributed by atoms with E-state index < -0.39 is 0 Å². The molecule has 1 aliphatic carbocycles. The molecule has 1 atom stereocenters. The highest BCUT2D eigenvalue weighted by Crippen LogP contribution is 2.39. The second-order valence-electron chi connectivity index (χ2n) is 5.72. The molecule has 82 valence electrons. The quantitative estimate of drug-likeness (QED) is 0.739. The van der Waals surface area contributed by atoms with Crippen LogP contribution in [0.1, 0.15) is 33.1 Å². The lowest BCUT2D eigenvalue weighted by molar-refractivity contribution is 0.0564. The van der Waals surface area contributed by atoms with Gasteiger partial charge in [-0.05, 0) is 50.7 Å². The van der Waals surface area contributed by atoms with Crippen molar-refractivity contribution in [3.63, 3.8) is 0 Å². The zero-order valence-corrected chi connectivity index (χ0v) is 9.84. The molecule has 14 heavy (non-hydrogen) atoms. The van der Waals surface area contributed by atoms with Crippen molar-refractivity contribution in [1.82, 2.24) is 10.2 Å². The summed E-state index contributed by atoms with van der Waals surface area (Å²) >= 11 is 0. The molecule has 1 saturated carbocycles. The van der Waals surface area contributed by atoms with Gasteiger partial charge in [0.15, 0.2) is 0 Å². The average Bonchev–Trinajstić information content (AvgIpc) is 2.92. The van der Waals surface area contributed by atoms with Gasteiger partial charge in [0.2, 0.25) is 0 Å². The van der Waals surface area contributed by atoms with Crippen molar-refractivity contribution in [2.75, 3.05) is 26.7 Å². The van der Waals surface area contributed by atoms with Gasteiger partial charge in [0.25, 0.3) is 0 Å². The highest BCUT2D eigenvalue weighted by Gasteiger charge is 2.39. The van der Waals surface area contributed by atoms with Crippen molar-refractivity contribution in [2.24, 2.45) is 11.3 Å². The van der Waals surface area contributed by atoms with Gasteiger partial charge >= 0.3 is 0 Å². The second-order valence-corrected chi connectivity index (χ2v) is 5.72. The van der Waals surface area contributed by atoms with Crippen LogP contribution < -0.4 is 5.32 Å². The van der Waals surface area contributed by atoms with Gasteiger partial charge in [-0.1, -0.05) is 13.8 Å². The lowest BCUT2D eigenvalue weighted by Gasteiger charge is -2.44. The summed E-state index contributed by atoms with van der Waals surface area (Å²) in [5.41, 5.74) is 0.536. The third-order valence-electron chi connectivity index (χ3n) is 4.12. The Morgan fingerprint density at radius 3 is 2.64 bits per heavy atom. The molecule has 0 aromatic rings. The lowest BCUT2D eigenvalue weighted by Crippen LogP contribution is -2.48. The summed E-state index contributed by atoms with van der Waals surface area (Å²) in [6.45, 7) is 8.69. The molecular formula is C12H24N2. The monoisotopic (exact) mass is 196 g/mol. The van der Waals surface area contributed by atoms with E-state index in [9.17, 15) is 0 Å². The van der Waals surface area contributed by atoms with E-state index in [1.54, 1.807) is 0 Å². The van der Waals surface area contributed by atoms with Crippen LogP contribution in [0.4, 0.5) is 0 Å². The van der Waals surface area contributed by atoms with Gasteiger partial charge in [-0.25, -0.2) is 0 Å². The third-order valence-corrected chi connectivity index (χ3v) is 4.12. The van der Waals surface area contributed by atoms with Crippen LogP contribution in [-0.2, 0) is 0 Å². The molecule has 0 bridgehead atoms. The fourth-order valence-corrected chi connectivity index (χ4v) is 2.62. The molecule has 0 aromatic heterocycles. The summed E-state index contributed by atoms with van der Waals surface area (Å²) in [5.74, 6) is 0.835. The van der Waals surface area contributed by atoms with Crippen LogP contribution in [0.2, 0.25) is 0 Å². The smallest absolute Gasteiger partial charge is 0.00965 e. The summed E-state index contributed by atoms with van der Waals surface area (Å²) in [6.07, 6.45) is 4.27. The Kier molecular flexibility index (Phi) is 2.85.